The minimum absolute atomic E-state index is 0.0922. The molecule has 1 aromatic carbocycles. The zero-order valence-electron chi connectivity index (χ0n) is 10.8. The maximum Gasteiger partial charge on any atom is 0.245 e. The Bertz CT molecular complexity index is 526. The van der Waals surface area contributed by atoms with E-state index in [2.05, 4.69) is 13.8 Å². The van der Waals surface area contributed by atoms with Gasteiger partial charge < -0.3 is 5.73 Å². The second-order valence-electron chi connectivity index (χ2n) is 5.11. The van der Waals surface area contributed by atoms with E-state index in [0.717, 1.165) is 12.8 Å². The molecule has 1 aliphatic rings. The predicted octanol–water partition coefficient (Wildman–Crippen LogP) is 2.08. The summed E-state index contributed by atoms with van der Waals surface area (Å²) in [4.78, 5) is 0.234. The molecule has 1 fully saturated rings. The molecule has 1 atom stereocenters. The van der Waals surface area contributed by atoms with Crippen LogP contribution in [0.5, 0.6) is 0 Å². The summed E-state index contributed by atoms with van der Waals surface area (Å²) in [6.07, 6.45) is 1.86. The number of anilines is 1. The van der Waals surface area contributed by atoms with Gasteiger partial charge in [0.15, 0.2) is 0 Å². The first-order valence-corrected chi connectivity index (χ1v) is 7.75. The number of hydrogen-bond acceptors (Lipinski definition) is 3. The fourth-order valence-corrected chi connectivity index (χ4v) is 4.52. The molecule has 0 aromatic heterocycles. The molecule has 2 N–H and O–H groups in total. The van der Waals surface area contributed by atoms with Crippen molar-refractivity contribution in [2.24, 2.45) is 5.92 Å². The lowest BCUT2D eigenvalue weighted by Crippen LogP contribution is -2.38. The zero-order valence-corrected chi connectivity index (χ0v) is 11.7. The van der Waals surface area contributed by atoms with Crippen LogP contribution in [-0.4, -0.2) is 25.3 Å². The lowest BCUT2D eigenvalue weighted by atomic mass is 10.0. The van der Waals surface area contributed by atoms with Gasteiger partial charge in [0.25, 0.3) is 0 Å². The summed E-state index contributed by atoms with van der Waals surface area (Å²) in [5.41, 5.74) is 6.12. The number of nitrogen functional groups attached to an aromatic ring is 1. The minimum atomic E-state index is -3.46. The fraction of sp³-hybridized carbons (Fsp3) is 0.538. The standard InChI is InChI=1S/C13H20N2O2S/c1-10(2)12-7-5-9-15(12)18(16,17)13-8-4-3-6-11(13)14/h3-4,6,8,10,12H,5,7,9,14H2,1-2H3. The molecule has 1 heterocycles. The Labute approximate surface area is 109 Å². The fourth-order valence-electron chi connectivity index (χ4n) is 2.57. The molecule has 18 heavy (non-hydrogen) atoms. The van der Waals surface area contributed by atoms with Crippen molar-refractivity contribution in [1.82, 2.24) is 4.31 Å². The number of hydrogen-bond donors (Lipinski definition) is 1. The molecular formula is C13H20N2O2S. The number of para-hydroxylation sites is 1. The van der Waals surface area contributed by atoms with E-state index in [9.17, 15) is 8.42 Å². The molecule has 0 amide bonds. The summed E-state index contributed by atoms with van der Waals surface area (Å²) in [6, 6.07) is 6.77. The van der Waals surface area contributed by atoms with E-state index in [1.807, 2.05) is 0 Å². The molecule has 0 saturated carbocycles. The molecule has 100 valence electrons. The van der Waals surface area contributed by atoms with Gasteiger partial charge in [-0.05, 0) is 30.9 Å². The van der Waals surface area contributed by atoms with Crippen LogP contribution in [-0.2, 0) is 10.0 Å². The number of benzene rings is 1. The maximum atomic E-state index is 12.6. The van der Waals surface area contributed by atoms with E-state index in [-0.39, 0.29) is 10.9 Å². The van der Waals surface area contributed by atoms with Crippen LogP contribution in [0.2, 0.25) is 0 Å². The average molecular weight is 268 g/mol. The molecule has 0 aliphatic carbocycles. The van der Waals surface area contributed by atoms with Crippen LogP contribution in [0.3, 0.4) is 0 Å². The number of nitrogens with zero attached hydrogens (tertiary/aromatic N) is 1. The predicted molar refractivity (Wildman–Crippen MR) is 72.6 cm³/mol. The Morgan fingerprint density at radius 3 is 2.61 bits per heavy atom. The summed E-state index contributed by atoms with van der Waals surface area (Å²) in [5, 5.41) is 0. The van der Waals surface area contributed by atoms with E-state index in [0.29, 0.717) is 18.2 Å². The summed E-state index contributed by atoms with van der Waals surface area (Å²) < 4.78 is 26.8. The molecule has 2 rings (SSSR count). The molecule has 1 saturated heterocycles. The van der Waals surface area contributed by atoms with E-state index in [4.69, 9.17) is 5.73 Å². The lowest BCUT2D eigenvalue weighted by Gasteiger charge is -2.27. The van der Waals surface area contributed by atoms with Crippen molar-refractivity contribution in [3.8, 4) is 0 Å². The van der Waals surface area contributed by atoms with Crippen molar-refractivity contribution < 1.29 is 8.42 Å². The highest BCUT2D eigenvalue weighted by Crippen LogP contribution is 2.31. The van der Waals surface area contributed by atoms with Crippen molar-refractivity contribution in [1.29, 1.82) is 0 Å². The van der Waals surface area contributed by atoms with Crippen LogP contribution >= 0.6 is 0 Å². The Kier molecular flexibility index (Phi) is 3.64. The molecular weight excluding hydrogens is 248 g/mol. The molecule has 0 spiro atoms. The normalized spacial score (nSPS) is 21.6. The van der Waals surface area contributed by atoms with Gasteiger partial charge in [0.2, 0.25) is 10.0 Å². The smallest absolute Gasteiger partial charge is 0.245 e. The van der Waals surface area contributed by atoms with Gasteiger partial charge in [-0.25, -0.2) is 8.42 Å². The Morgan fingerprint density at radius 1 is 1.33 bits per heavy atom. The molecule has 0 radical (unpaired) electrons. The summed E-state index contributed by atoms with van der Waals surface area (Å²) in [7, 11) is -3.46. The second kappa shape index (κ2) is 4.90. The van der Waals surface area contributed by atoms with Gasteiger partial charge in [0.05, 0.1) is 5.69 Å². The van der Waals surface area contributed by atoms with Crippen molar-refractivity contribution in [3.05, 3.63) is 24.3 Å². The van der Waals surface area contributed by atoms with Gasteiger partial charge >= 0.3 is 0 Å². The highest BCUT2D eigenvalue weighted by Gasteiger charge is 2.37. The summed E-state index contributed by atoms with van der Waals surface area (Å²) in [5.74, 6) is 0.326. The van der Waals surface area contributed by atoms with Crippen molar-refractivity contribution in [2.45, 2.75) is 37.6 Å². The monoisotopic (exact) mass is 268 g/mol. The highest BCUT2D eigenvalue weighted by atomic mass is 32.2. The van der Waals surface area contributed by atoms with E-state index in [1.54, 1.807) is 28.6 Å². The molecule has 0 bridgehead atoms. The average Bonchev–Trinajstić information content (AvgIpc) is 2.78. The second-order valence-corrected chi connectivity index (χ2v) is 6.97. The van der Waals surface area contributed by atoms with Crippen LogP contribution in [0.25, 0.3) is 0 Å². The van der Waals surface area contributed by atoms with Gasteiger partial charge in [-0.2, -0.15) is 4.31 Å². The number of rotatable bonds is 3. The Balaban J connectivity index is 2.40. The van der Waals surface area contributed by atoms with Gasteiger partial charge in [-0.15, -0.1) is 0 Å². The minimum Gasteiger partial charge on any atom is -0.398 e. The van der Waals surface area contributed by atoms with Crippen molar-refractivity contribution in [2.75, 3.05) is 12.3 Å². The Hall–Kier alpha value is -1.07. The number of nitrogens with two attached hydrogens (primary N) is 1. The molecule has 1 aromatic rings. The highest BCUT2D eigenvalue weighted by molar-refractivity contribution is 7.89. The third kappa shape index (κ3) is 2.24. The molecule has 1 aliphatic heterocycles. The maximum absolute atomic E-state index is 12.6. The third-order valence-corrected chi connectivity index (χ3v) is 5.52. The van der Waals surface area contributed by atoms with Crippen molar-refractivity contribution in [3.63, 3.8) is 0 Å². The SMILES string of the molecule is CC(C)C1CCCN1S(=O)(=O)c1ccccc1N. The molecule has 1 unspecified atom stereocenters. The van der Waals surface area contributed by atoms with Crippen LogP contribution in [0.1, 0.15) is 26.7 Å². The van der Waals surface area contributed by atoms with E-state index < -0.39 is 10.0 Å². The third-order valence-electron chi connectivity index (χ3n) is 3.52. The van der Waals surface area contributed by atoms with Gasteiger partial charge in [-0.3, -0.25) is 0 Å². The van der Waals surface area contributed by atoms with Gasteiger partial charge in [-0.1, -0.05) is 26.0 Å². The first-order valence-electron chi connectivity index (χ1n) is 6.31. The topological polar surface area (TPSA) is 63.4 Å². The number of sulfonamides is 1. The van der Waals surface area contributed by atoms with Crippen molar-refractivity contribution >= 4 is 15.7 Å². The van der Waals surface area contributed by atoms with Crippen LogP contribution < -0.4 is 5.73 Å². The van der Waals surface area contributed by atoms with Gasteiger partial charge in [0.1, 0.15) is 4.90 Å². The van der Waals surface area contributed by atoms with Gasteiger partial charge in [0, 0.05) is 12.6 Å². The summed E-state index contributed by atoms with van der Waals surface area (Å²) >= 11 is 0. The largest absolute Gasteiger partial charge is 0.398 e. The zero-order chi connectivity index (χ0) is 13.3. The van der Waals surface area contributed by atoms with E-state index in [1.165, 1.54) is 0 Å². The molecule has 5 heteroatoms. The lowest BCUT2D eigenvalue weighted by molar-refractivity contribution is 0.316. The molecule has 4 nitrogen and oxygen atoms in total. The first kappa shape index (κ1) is 13.4. The van der Waals surface area contributed by atoms with E-state index >= 15 is 0 Å². The van der Waals surface area contributed by atoms with Crippen LogP contribution in [0.4, 0.5) is 5.69 Å². The Morgan fingerprint density at radius 2 is 2.00 bits per heavy atom. The van der Waals surface area contributed by atoms with Crippen LogP contribution in [0, 0.1) is 5.92 Å². The quantitative estimate of drug-likeness (QED) is 0.854. The first-order chi connectivity index (χ1) is 8.44. The van der Waals surface area contributed by atoms with Crippen LogP contribution in [0.15, 0.2) is 29.2 Å². The summed E-state index contributed by atoms with van der Waals surface area (Å²) in [6.45, 7) is 4.72.